The molecular weight excluding hydrogens is 459 g/mol. The fourth-order valence-electron chi connectivity index (χ4n) is 3.14. The van der Waals surface area contributed by atoms with E-state index in [9.17, 15) is 40.3 Å². The van der Waals surface area contributed by atoms with Gasteiger partial charge in [-0.3, -0.25) is 9.59 Å². The second-order valence-corrected chi connectivity index (χ2v) is 8.04. The van der Waals surface area contributed by atoms with Gasteiger partial charge in [0.05, 0.1) is 5.56 Å². The number of anilines is 2. The Morgan fingerprint density at radius 3 is 1.58 bits per heavy atom. The Hall–Kier alpha value is -3.18. The number of nitrogens with one attached hydrogen (secondary N) is 2. The van der Waals surface area contributed by atoms with E-state index in [1.807, 2.05) is 0 Å². The van der Waals surface area contributed by atoms with E-state index in [-0.39, 0.29) is 41.2 Å². The molecule has 2 aromatic rings. The van der Waals surface area contributed by atoms with E-state index in [2.05, 4.69) is 15.6 Å². The SMILES string of the molecule is O=C(Nc1cc(-c2c(F)cc(C(F)(F)C(F)(F)F)cc2F)cc(NC(=O)C2CC2)n1)C1CC1. The van der Waals surface area contributed by atoms with Gasteiger partial charge in [0.25, 0.3) is 0 Å². The highest BCUT2D eigenvalue weighted by Gasteiger charge is 2.59. The van der Waals surface area contributed by atoms with Crippen molar-refractivity contribution in [3.8, 4) is 11.1 Å². The molecule has 2 aliphatic carbocycles. The highest BCUT2D eigenvalue weighted by molar-refractivity contribution is 5.96. The Labute approximate surface area is 182 Å². The molecule has 4 rings (SSSR count). The van der Waals surface area contributed by atoms with E-state index in [0.717, 1.165) is 12.1 Å². The van der Waals surface area contributed by atoms with E-state index in [0.29, 0.717) is 25.7 Å². The second kappa shape index (κ2) is 7.99. The molecule has 12 heteroatoms. The first-order valence-corrected chi connectivity index (χ1v) is 9.95. The minimum atomic E-state index is -6.05. The molecule has 0 radical (unpaired) electrons. The lowest BCUT2D eigenvalue weighted by atomic mass is 9.99. The van der Waals surface area contributed by atoms with Gasteiger partial charge in [-0.1, -0.05) is 0 Å². The number of rotatable bonds is 6. The molecule has 2 amide bonds. The first-order chi connectivity index (χ1) is 15.4. The van der Waals surface area contributed by atoms with Crippen LogP contribution in [0.2, 0.25) is 0 Å². The van der Waals surface area contributed by atoms with Gasteiger partial charge in [0.2, 0.25) is 11.8 Å². The van der Waals surface area contributed by atoms with Crippen LogP contribution < -0.4 is 10.6 Å². The number of carbonyl (C=O) groups is 2. The smallest absolute Gasteiger partial charge is 0.310 e. The number of hydrogen-bond donors (Lipinski definition) is 2. The predicted octanol–water partition coefficient (Wildman–Crippen LogP) is 5.38. The summed E-state index contributed by atoms with van der Waals surface area (Å²) in [5, 5.41) is 4.90. The number of hydrogen-bond acceptors (Lipinski definition) is 3. The van der Waals surface area contributed by atoms with Gasteiger partial charge in [-0.25, -0.2) is 13.8 Å². The summed E-state index contributed by atoms with van der Waals surface area (Å²) in [5.41, 5.74) is -3.13. The van der Waals surface area contributed by atoms with Crippen LogP contribution in [0.15, 0.2) is 24.3 Å². The van der Waals surface area contributed by atoms with Crippen molar-refractivity contribution in [2.75, 3.05) is 10.6 Å². The Balaban J connectivity index is 1.74. The van der Waals surface area contributed by atoms with Gasteiger partial charge in [-0.15, -0.1) is 0 Å². The Morgan fingerprint density at radius 1 is 0.788 bits per heavy atom. The highest BCUT2D eigenvalue weighted by atomic mass is 19.4. The quantitative estimate of drug-likeness (QED) is 0.552. The summed E-state index contributed by atoms with van der Waals surface area (Å²) in [7, 11) is 0. The van der Waals surface area contributed by atoms with E-state index in [1.54, 1.807) is 0 Å². The van der Waals surface area contributed by atoms with Crippen molar-refractivity contribution in [3.05, 3.63) is 41.5 Å². The van der Waals surface area contributed by atoms with Crippen LogP contribution in [0.25, 0.3) is 11.1 Å². The molecule has 2 fully saturated rings. The van der Waals surface area contributed by atoms with Crippen molar-refractivity contribution in [1.29, 1.82) is 0 Å². The van der Waals surface area contributed by atoms with Crippen LogP contribution in [0.5, 0.6) is 0 Å². The molecule has 2 aliphatic rings. The summed E-state index contributed by atoms with van der Waals surface area (Å²) in [6.07, 6.45) is -3.46. The number of nitrogens with zero attached hydrogens (tertiary/aromatic N) is 1. The average molecular weight is 475 g/mol. The van der Waals surface area contributed by atoms with Crippen LogP contribution in [0, 0.1) is 23.5 Å². The Kier molecular flexibility index (Phi) is 5.57. The van der Waals surface area contributed by atoms with Gasteiger partial charge in [0.1, 0.15) is 23.3 Å². The third-order valence-corrected chi connectivity index (χ3v) is 5.27. The molecule has 2 saturated carbocycles. The van der Waals surface area contributed by atoms with Crippen molar-refractivity contribution >= 4 is 23.5 Å². The number of amides is 2. The molecule has 176 valence electrons. The van der Waals surface area contributed by atoms with E-state index in [1.165, 1.54) is 0 Å². The summed E-state index contributed by atoms with van der Waals surface area (Å²) in [4.78, 5) is 28.2. The molecule has 0 unspecified atom stereocenters. The van der Waals surface area contributed by atoms with Crippen molar-refractivity contribution < 1.29 is 40.3 Å². The third kappa shape index (κ3) is 4.79. The zero-order valence-corrected chi connectivity index (χ0v) is 16.7. The normalized spacial score (nSPS) is 16.5. The van der Waals surface area contributed by atoms with Gasteiger partial charge >= 0.3 is 12.1 Å². The summed E-state index contributed by atoms with van der Waals surface area (Å²) < 4.78 is 94.3. The number of carbonyl (C=O) groups excluding carboxylic acids is 2. The van der Waals surface area contributed by atoms with E-state index in [4.69, 9.17) is 0 Å². The zero-order chi connectivity index (χ0) is 24.1. The first-order valence-electron chi connectivity index (χ1n) is 9.95. The molecule has 0 spiro atoms. The van der Waals surface area contributed by atoms with Crippen molar-refractivity contribution in [2.24, 2.45) is 11.8 Å². The second-order valence-electron chi connectivity index (χ2n) is 8.04. The maximum Gasteiger partial charge on any atom is 0.458 e. The lowest BCUT2D eigenvalue weighted by molar-refractivity contribution is -0.289. The fraction of sp³-hybridized carbons (Fsp3) is 0.381. The summed E-state index contributed by atoms with van der Waals surface area (Å²) >= 11 is 0. The summed E-state index contributed by atoms with van der Waals surface area (Å²) in [5.74, 6) is -10.5. The van der Waals surface area contributed by atoms with Crippen molar-refractivity contribution in [2.45, 2.75) is 37.8 Å². The van der Waals surface area contributed by atoms with Gasteiger partial charge in [-0.2, -0.15) is 22.0 Å². The lowest BCUT2D eigenvalue weighted by Crippen LogP contribution is -2.33. The van der Waals surface area contributed by atoms with Gasteiger partial charge in [0, 0.05) is 17.4 Å². The van der Waals surface area contributed by atoms with Gasteiger partial charge in [0.15, 0.2) is 0 Å². The summed E-state index contributed by atoms with van der Waals surface area (Å²) in [6, 6.07) is 1.88. The molecule has 1 aromatic carbocycles. The van der Waals surface area contributed by atoms with Crippen LogP contribution >= 0.6 is 0 Å². The molecule has 2 N–H and O–H groups in total. The predicted molar refractivity (Wildman–Crippen MR) is 102 cm³/mol. The minimum absolute atomic E-state index is 0.1000. The largest absolute Gasteiger partial charge is 0.458 e. The Morgan fingerprint density at radius 2 is 1.21 bits per heavy atom. The molecule has 1 heterocycles. The van der Waals surface area contributed by atoms with E-state index < -0.39 is 46.7 Å². The molecular formula is C21H16F7N3O2. The summed E-state index contributed by atoms with van der Waals surface area (Å²) in [6.45, 7) is 0. The Bertz CT molecular complexity index is 1060. The van der Waals surface area contributed by atoms with Gasteiger partial charge < -0.3 is 10.6 Å². The number of alkyl halides is 5. The lowest BCUT2D eigenvalue weighted by Gasteiger charge is -2.21. The molecule has 0 saturated heterocycles. The molecule has 5 nitrogen and oxygen atoms in total. The topological polar surface area (TPSA) is 71.1 Å². The van der Waals surface area contributed by atoms with Crippen LogP contribution in [-0.4, -0.2) is 23.0 Å². The van der Waals surface area contributed by atoms with Crippen LogP contribution in [0.1, 0.15) is 31.2 Å². The van der Waals surface area contributed by atoms with Crippen molar-refractivity contribution in [3.63, 3.8) is 0 Å². The number of halogens is 7. The first kappa shape index (κ1) is 23.0. The highest BCUT2D eigenvalue weighted by Crippen LogP contribution is 2.45. The maximum absolute atomic E-state index is 14.6. The molecule has 1 aromatic heterocycles. The van der Waals surface area contributed by atoms with Crippen molar-refractivity contribution in [1.82, 2.24) is 4.98 Å². The zero-order valence-electron chi connectivity index (χ0n) is 16.7. The molecule has 33 heavy (non-hydrogen) atoms. The molecule has 0 bridgehead atoms. The third-order valence-electron chi connectivity index (χ3n) is 5.27. The van der Waals surface area contributed by atoms with Crippen LogP contribution in [-0.2, 0) is 15.5 Å². The van der Waals surface area contributed by atoms with E-state index >= 15 is 0 Å². The fourth-order valence-corrected chi connectivity index (χ4v) is 3.14. The van der Waals surface area contributed by atoms with Gasteiger partial charge in [-0.05, 0) is 55.5 Å². The number of benzene rings is 1. The minimum Gasteiger partial charge on any atom is -0.310 e. The average Bonchev–Trinajstić information content (AvgIpc) is 3.59. The van der Waals surface area contributed by atoms with Crippen LogP contribution in [0.4, 0.5) is 42.4 Å². The number of pyridine rings is 1. The standard InChI is InChI=1S/C21H16F7N3O2/c22-13-7-12(20(24,25)21(26,27)28)8-14(23)17(13)11-5-15(30-18(32)9-1-2-9)29-16(6-11)31-19(33)10-3-4-10/h5-10H,1-4H2,(H2,29,30,31,32,33). The van der Waals surface area contributed by atoms with Crippen LogP contribution in [0.3, 0.4) is 0 Å². The number of aromatic nitrogens is 1. The molecule has 0 atom stereocenters. The molecule has 0 aliphatic heterocycles. The monoisotopic (exact) mass is 475 g/mol. The maximum atomic E-state index is 14.6.